The standard InChI is InChI=1S/C18H38.C3H6.2BrH/c1-3-5-7-9-11-13-15-17-18-16-14-12-10-8-6-4-2;1-3-2;;/h3-18H2,1-2H3;3H,1H2,2H3;2*1H. The smallest absolute Gasteiger partial charge is 0.0473 e. The van der Waals surface area contributed by atoms with E-state index in [1.165, 1.54) is 103 Å². The van der Waals surface area contributed by atoms with Crippen molar-refractivity contribution >= 4 is 34.0 Å². The van der Waals surface area contributed by atoms with Crippen LogP contribution in [0.25, 0.3) is 0 Å². The molecule has 0 nitrogen and oxygen atoms in total. The van der Waals surface area contributed by atoms with Crippen LogP contribution in [0.15, 0.2) is 12.7 Å². The quantitative estimate of drug-likeness (QED) is 0.169. The second-order valence-electron chi connectivity index (χ2n) is 6.36. The van der Waals surface area contributed by atoms with Crippen LogP contribution in [0, 0.1) is 0 Å². The summed E-state index contributed by atoms with van der Waals surface area (Å²) in [4.78, 5) is 0. The summed E-state index contributed by atoms with van der Waals surface area (Å²) in [5, 5.41) is 0. The van der Waals surface area contributed by atoms with Crippen molar-refractivity contribution in [3.63, 3.8) is 0 Å². The Bertz CT molecular complexity index is 153. The van der Waals surface area contributed by atoms with Crippen molar-refractivity contribution in [1.82, 2.24) is 0 Å². The highest BCUT2D eigenvalue weighted by molar-refractivity contribution is 8.93. The molecule has 23 heavy (non-hydrogen) atoms. The van der Waals surface area contributed by atoms with Gasteiger partial charge in [0.05, 0.1) is 0 Å². The molecule has 144 valence electrons. The van der Waals surface area contributed by atoms with Crippen molar-refractivity contribution in [2.75, 3.05) is 0 Å². The summed E-state index contributed by atoms with van der Waals surface area (Å²) >= 11 is 0. The van der Waals surface area contributed by atoms with Crippen LogP contribution in [-0.2, 0) is 0 Å². The molecule has 0 aromatic carbocycles. The summed E-state index contributed by atoms with van der Waals surface area (Å²) in [6.45, 7) is 9.84. The van der Waals surface area contributed by atoms with Crippen LogP contribution in [-0.4, -0.2) is 0 Å². The molecule has 0 aliphatic heterocycles. The van der Waals surface area contributed by atoms with E-state index >= 15 is 0 Å². The minimum Gasteiger partial charge on any atom is -0.114 e. The van der Waals surface area contributed by atoms with Gasteiger partial charge in [0.1, 0.15) is 0 Å². The van der Waals surface area contributed by atoms with Gasteiger partial charge < -0.3 is 0 Å². The lowest BCUT2D eigenvalue weighted by Gasteiger charge is -2.03. The number of rotatable bonds is 15. The lowest BCUT2D eigenvalue weighted by Crippen LogP contribution is -1.83. The number of hydrogen-bond acceptors (Lipinski definition) is 0. The van der Waals surface area contributed by atoms with Crippen molar-refractivity contribution in [2.45, 2.75) is 124 Å². The van der Waals surface area contributed by atoms with Gasteiger partial charge in [-0.15, -0.1) is 40.5 Å². The lowest BCUT2D eigenvalue weighted by atomic mass is 10.0. The zero-order valence-corrected chi connectivity index (χ0v) is 19.8. The molecule has 0 N–H and O–H groups in total. The zero-order valence-electron chi connectivity index (χ0n) is 16.4. The largest absolute Gasteiger partial charge is 0.114 e. The van der Waals surface area contributed by atoms with Gasteiger partial charge in [-0.25, -0.2) is 0 Å². The van der Waals surface area contributed by atoms with Crippen LogP contribution >= 0.6 is 34.0 Å². The highest BCUT2D eigenvalue weighted by Crippen LogP contribution is 2.13. The minimum absolute atomic E-state index is 0. The number of hydrogen-bond donors (Lipinski definition) is 0. The van der Waals surface area contributed by atoms with Crippen molar-refractivity contribution in [3.05, 3.63) is 12.7 Å². The molecule has 0 saturated heterocycles. The summed E-state index contributed by atoms with van der Waals surface area (Å²) in [5.74, 6) is 0. The summed E-state index contributed by atoms with van der Waals surface area (Å²) in [7, 11) is 0. The van der Waals surface area contributed by atoms with Crippen LogP contribution in [0.4, 0.5) is 0 Å². The Balaban J connectivity index is -0.000000332. The van der Waals surface area contributed by atoms with Crippen LogP contribution in [0.1, 0.15) is 124 Å². The van der Waals surface area contributed by atoms with Gasteiger partial charge in [-0.05, 0) is 6.92 Å². The van der Waals surface area contributed by atoms with E-state index in [4.69, 9.17) is 0 Å². The lowest BCUT2D eigenvalue weighted by molar-refractivity contribution is 0.531. The minimum atomic E-state index is 0. The first-order valence-corrected chi connectivity index (χ1v) is 9.90. The molecule has 0 amide bonds. The highest BCUT2D eigenvalue weighted by Gasteiger charge is 1.93. The van der Waals surface area contributed by atoms with E-state index in [0.29, 0.717) is 0 Å². The molecule has 0 aliphatic carbocycles. The topological polar surface area (TPSA) is 0 Å². The van der Waals surface area contributed by atoms with Gasteiger partial charge in [0.15, 0.2) is 0 Å². The fraction of sp³-hybridized carbons (Fsp3) is 0.905. The van der Waals surface area contributed by atoms with E-state index in [9.17, 15) is 0 Å². The molecule has 0 rings (SSSR count). The molecule has 0 unspecified atom stereocenters. The number of unbranched alkanes of at least 4 members (excludes halogenated alkanes) is 15. The monoisotopic (exact) mass is 456 g/mol. The summed E-state index contributed by atoms with van der Waals surface area (Å²) < 4.78 is 0. The molecule has 0 aliphatic rings. The van der Waals surface area contributed by atoms with Crippen molar-refractivity contribution in [1.29, 1.82) is 0 Å². The molecule has 0 atom stereocenters. The molecular weight excluding hydrogens is 412 g/mol. The molecule has 0 radical (unpaired) electrons. The molecule has 0 aromatic heterocycles. The summed E-state index contributed by atoms with van der Waals surface area (Å²) in [6, 6.07) is 0. The number of halogens is 2. The van der Waals surface area contributed by atoms with Crippen LogP contribution in [0.3, 0.4) is 0 Å². The Morgan fingerprint density at radius 2 is 0.609 bits per heavy atom. The molecule has 0 spiro atoms. The molecule has 0 aromatic rings. The predicted molar refractivity (Wildman–Crippen MR) is 122 cm³/mol. The van der Waals surface area contributed by atoms with Crippen LogP contribution in [0.5, 0.6) is 0 Å². The molecule has 0 bridgehead atoms. The molecule has 2 heteroatoms. The van der Waals surface area contributed by atoms with Gasteiger partial charge in [0, 0.05) is 0 Å². The second-order valence-corrected chi connectivity index (χ2v) is 6.36. The van der Waals surface area contributed by atoms with Gasteiger partial charge in [-0.3, -0.25) is 0 Å². The van der Waals surface area contributed by atoms with E-state index in [-0.39, 0.29) is 34.0 Å². The van der Waals surface area contributed by atoms with Crippen molar-refractivity contribution in [3.8, 4) is 0 Å². The SMILES string of the molecule is Br.Br.C=CC.CCCCCCCCCCCCCCCCCC. The first-order chi connectivity index (χ1) is 10.3. The van der Waals surface area contributed by atoms with Crippen LogP contribution < -0.4 is 0 Å². The van der Waals surface area contributed by atoms with E-state index in [1.54, 1.807) is 6.08 Å². The van der Waals surface area contributed by atoms with E-state index in [1.807, 2.05) is 6.92 Å². The Labute approximate surface area is 169 Å². The highest BCUT2D eigenvalue weighted by atomic mass is 79.9. The molecule has 0 heterocycles. The van der Waals surface area contributed by atoms with Crippen molar-refractivity contribution in [2.24, 2.45) is 0 Å². The molecular formula is C21H46Br2. The van der Waals surface area contributed by atoms with Crippen LogP contribution in [0.2, 0.25) is 0 Å². The van der Waals surface area contributed by atoms with Gasteiger partial charge >= 0.3 is 0 Å². The third kappa shape index (κ3) is 39.5. The summed E-state index contributed by atoms with van der Waals surface area (Å²) in [6.07, 6.45) is 25.2. The summed E-state index contributed by atoms with van der Waals surface area (Å²) in [5.41, 5.74) is 0. The zero-order chi connectivity index (χ0) is 16.0. The maximum Gasteiger partial charge on any atom is -0.0473 e. The Hall–Kier alpha value is 0.700. The van der Waals surface area contributed by atoms with E-state index in [0.717, 1.165) is 0 Å². The van der Waals surface area contributed by atoms with Gasteiger partial charge in [-0.2, -0.15) is 0 Å². The Morgan fingerprint density at radius 1 is 0.478 bits per heavy atom. The third-order valence-corrected chi connectivity index (χ3v) is 3.96. The van der Waals surface area contributed by atoms with Gasteiger partial charge in [0.25, 0.3) is 0 Å². The Morgan fingerprint density at radius 3 is 0.739 bits per heavy atom. The average Bonchev–Trinajstić information content (AvgIpc) is 2.48. The van der Waals surface area contributed by atoms with Crippen molar-refractivity contribution < 1.29 is 0 Å². The van der Waals surface area contributed by atoms with E-state index in [2.05, 4.69) is 20.4 Å². The Kier molecular flexibility index (Phi) is 46.7. The average molecular weight is 458 g/mol. The predicted octanol–water partition coefficient (Wildman–Crippen LogP) is 9.62. The first-order valence-electron chi connectivity index (χ1n) is 9.90. The van der Waals surface area contributed by atoms with Gasteiger partial charge in [0.2, 0.25) is 0 Å². The molecule has 0 saturated carbocycles. The maximum atomic E-state index is 3.36. The molecule has 0 fully saturated rings. The fourth-order valence-electron chi connectivity index (χ4n) is 2.62. The van der Waals surface area contributed by atoms with E-state index < -0.39 is 0 Å². The fourth-order valence-corrected chi connectivity index (χ4v) is 2.62. The number of allylic oxidation sites excluding steroid dienone is 1. The maximum absolute atomic E-state index is 3.36. The normalized spacial score (nSPS) is 9.17. The van der Waals surface area contributed by atoms with Gasteiger partial charge in [-0.1, -0.05) is 123 Å². The first kappa shape index (κ1) is 31.5. The third-order valence-electron chi connectivity index (χ3n) is 3.96. The second kappa shape index (κ2) is 34.1.